The molecule has 0 aromatic heterocycles. The van der Waals surface area contributed by atoms with Crippen LogP contribution in [0.4, 0.5) is 5.69 Å². The standard InChI is InChI=1S/C15H21NO9S/c1-26(22,23)7-11(18)16-8-2-4-9(5-3-8)24-15-14(21)13(20)12(19)10(6-17)25-15/h2-5,10,12-15,17,19-21H,6-7H2,1H3,(H,16,18)/t10-,12-,13+,14-,15-/m1/s1. The highest BCUT2D eigenvalue weighted by Crippen LogP contribution is 2.25. The third kappa shape index (κ3) is 5.37. The number of anilines is 1. The Bertz CT molecular complexity index is 719. The number of carbonyl (C=O) groups is 1. The summed E-state index contributed by atoms with van der Waals surface area (Å²) in [7, 11) is -3.44. The van der Waals surface area contributed by atoms with Crippen molar-refractivity contribution in [2.24, 2.45) is 0 Å². The van der Waals surface area contributed by atoms with Crippen molar-refractivity contribution in [3.05, 3.63) is 24.3 Å². The van der Waals surface area contributed by atoms with E-state index >= 15 is 0 Å². The lowest BCUT2D eigenvalue weighted by Crippen LogP contribution is -2.60. The molecule has 10 nitrogen and oxygen atoms in total. The maximum atomic E-state index is 11.6. The molecule has 1 fully saturated rings. The molecule has 2 rings (SSSR count). The first-order valence-corrected chi connectivity index (χ1v) is 9.71. The van der Waals surface area contributed by atoms with Crippen molar-refractivity contribution >= 4 is 21.4 Å². The summed E-state index contributed by atoms with van der Waals surface area (Å²) in [6, 6.07) is 5.74. The van der Waals surface area contributed by atoms with Crippen LogP contribution in [0.15, 0.2) is 24.3 Å². The molecule has 5 atom stereocenters. The van der Waals surface area contributed by atoms with Crippen molar-refractivity contribution in [3.63, 3.8) is 0 Å². The van der Waals surface area contributed by atoms with Crippen LogP contribution in [0.1, 0.15) is 0 Å². The molecule has 0 radical (unpaired) electrons. The van der Waals surface area contributed by atoms with E-state index in [0.717, 1.165) is 6.26 Å². The second-order valence-electron chi connectivity index (χ2n) is 5.96. The van der Waals surface area contributed by atoms with Gasteiger partial charge in [-0.15, -0.1) is 0 Å². The highest BCUT2D eigenvalue weighted by atomic mass is 32.2. The molecule has 1 saturated heterocycles. The van der Waals surface area contributed by atoms with Gasteiger partial charge in [-0.25, -0.2) is 8.42 Å². The second kappa shape index (κ2) is 8.29. The molecule has 1 heterocycles. The quantitative estimate of drug-likeness (QED) is 0.364. The van der Waals surface area contributed by atoms with Crippen LogP contribution in [-0.2, 0) is 19.4 Å². The van der Waals surface area contributed by atoms with E-state index in [-0.39, 0.29) is 5.75 Å². The second-order valence-corrected chi connectivity index (χ2v) is 8.10. The van der Waals surface area contributed by atoms with Gasteiger partial charge >= 0.3 is 0 Å². The SMILES string of the molecule is CS(=O)(=O)CC(=O)Nc1ccc(O[C@@H]2O[C@H](CO)[C@@H](O)[C@H](O)[C@H]2O)cc1. The van der Waals surface area contributed by atoms with Gasteiger partial charge in [0.05, 0.1) is 6.61 Å². The largest absolute Gasteiger partial charge is 0.462 e. The molecule has 1 aromatic carbocycles. The maximum absolute atomic E-state index is 11.6. The van der Waals surface area contributed by atoms with Crippen LogP contribution >= 0.6 is 0 Å². The third-order valence-electron chi connectivity index (χ3n) is 3.63. The van der Waals surface area contributed by atoms with Gasteiger partial charge in [0.2, 0.25) is 12.2 Å². The first-order valence-electron chi connectivity index (χ1n) is 7.65. The highest BCUT2D eigenvalue weighted by molar-refractivity contribution is 7.91. The van der Waals surface area contributed by atoms with Crippen LogP contribution < -0.4 is 10.1 Å². The van der Waals surface area contributed by atoms with E-state index in [1.54, 1.807) is 0 Å². The molecule has 146 valence electrons. The number of sulfone groups is 1. The molecule has 11 heteroatoms. The lowest BCUT2D eigenvalue weighted by atomic mass is 9.99. The number of amides is 1. The molecule has 0 aliphatic carbocycles. The van der Waals surface area contributed by atoms with Gasteiger partial charge in [-0.05, 0) is 24.3 Å². The van der Waals surface area contributed by atoms with Crippen LogP contribution in [0.5, 0.6) is 5.75 Å². The summed E-state index contributed by atoms with van der Waals surface area (Å²) in [5.74, 6) is -1.11. The van der Waals surface area contributed by atoms with E-state index < -0.39 is 58.8 Å². The average molecular weight is 391 g/mol. The predicted molar refractivity (Wildman–Crippen MR) is 89.2 cm³/mol. The van der Waals surface area contributed by atoms with E-state index in [1.807, 2.05) is 0 Å². The Morgan fingerprint density at radius 1 is 1.15 bits per heavy atom. The number of ether oxygens (including phenoxy) is 2. The van der Waals surface area contributed by atoms with Crippen molar-refractivity contribution in [2.75, 3.05) is 23.9 Å². The van der Waals surface area contributed by atoms with Gasteiger partial charge in [-0.1, -0.05) is 0 Å². The van der Waals surface area contributed by atoms with Crippen LogP contribution in [0.25, 0.3) is 0 Å². The Morgan fingerprint density at radius 2 is 1.77 bits per heavy atom. The van der Waals surface area contributed by atoms with Crippen molar-refractivity contribution in [1.29, 1.82) is 0 Å². The fraction of sp³-hybridized carbons (Fsp3) is 0.533. The summed E-state index contributed by atoms with van der Waals surface area (Å²) in [4.78, 5) is 11.6. The monoisotopic (exact) mass is 391 g/mol. The Hall–Kier alpha value is -1.76. The molecule has 0 unspecified atom stereocenters. The molecule has 1 aliphatic rings. The minimum Gasteiger partial charge on any atom is -0.462 e. The molecular formula is C15H21NO9S. The topological polar surface area (TPSA) is 163 Å². The van der Waals surface area contributed by atoms with Crippen LogP contribution in [0, 0.1) is 0 Å². The summed E-state index contributed by atoms with van der Waals surface area (Å²) in [5, 5.41) is 40.9. The summed E-state index contributed by atoms with van der Waals surface area (Å²) < 4.78 is 32.7. The smallest absolute Gasteiger partial charge is 0.239 e. The lowest BCUT2D eigenvalue weighted by molar-refractivity contribution is -0.277. The zero-order valence-corrected chi connectivity index (χ0v) is 14.7. The van der Waals surface area contributed by atoms with E-state index in [1.165, 1.54) is 24.3 Å². The summed E-state index contributed by atoms with van der Waals surface area (Å²) in [5.41, 5.74) is 0.333. The molecule has 1 amide bonds. The van der Waals surface area contributed by atoms with E-state index in [4.69, 9.17) is 14.6 Å². The molecule has 5 N–H and O–H groups in total. The minimum atomic E-state index is -3.44. The first kappa shape index (κ1) is 20.6. The van der Waals surface area contributed by atoms with Gasteiger partial charge in [0.25, 0.3) is 0 Å². The highest BCUT2D eigenvalue weighted by Gasteiger charge is 2.44. The third-order valence-corrected chi connectivity index (χ3v) is 4.42. The Balaban J connectivity index is 1.99. The Kier molecular flexibility index (Phi) is 6.55. The molecular weight excluding hydrogens is 370 g/mol. The van der Waals surface area contributed by atoms with Crippen molar-refractivity contribution < 1.29 is 43.1 Å². The fourth-order valence-corrected chi connectivity index (χ4v) is 2.90. The van der Waals surface area contributed by atoms with Gasteiger partial charge < -0.3 is 35.2 Å². The predicted octanol–water partition coefficient (Wildman–Crippen LogP) is -2.15. The lowest BCUT2D eigenvalue weighted by Gasteiger charge is -2.39. The molecule has 1 aromatic rings. The zero-order valence-electron chi connectivity index (χ0n) is 13.8. The van der Waals surface area contributed by atoms with Gasteiger partial charge in [0.15, 0.2) is 9.84 Å². The summed E-state index contributed by atoms with van der Waals surface area (Å²) >= 11 is 0. The molecule has 26 heavy (non-hydrogen) atoms. The van der Waals surface area contributed by atoms with Gasteiger partial charge in [0, 0.05) is 11.9 Å². The van der Waals surface area contributed by atoms with Gasteiger partial charge in [-0.2, -0.15) is 0 Å². The van der Waals surface area contributed by atoms with Crippen molar-refractivity contribution in [3.8, 4) is 5.75 Å². The molecule has 0 saturated carbocycles. The first-order chi connectivity index (χ1) is 12.1. The van der Waals surface area contributed by atoms with Gasteiger partial charge in [0.1, 0.15) is 35.9 Å². The van der Waals surface area contributed by atoms with Crippen molar-refractivity contribution in [1.82, 2.24) is 0 Å². The van der Waals surface area contributed by atoms with Crippen LogP contribution in [0.2, 0.25) is 0 Å². The Morgan fingerprint density at radius 3 is 2.31 bits per heavy atom. The van der Waals surface area contributed by atoms with E-state index in [9.17, 15) is 28.5 Å². The van der Waals surface area contributed by atoms with Crippen molar-refractivity contribution in [2.45, 2.75) is 30.7 Å². The molecule has 0 bridgehead atoms. The normalized spacial score (nSPS) is 29.2. The number of hydrogen-bond donors (Lipinski definition) is 5. The number of carbonyl (C=O) groups excluding carboxylic acids is 1. The van der Waals surface area contributed by atoms with E-state index in [2.05, 4.69) is 5.32 Å². The molecule has 1 aliphatic heterocycles. The maximum Gasteiger partial charge on any atom is 0.239 e. The number of rotatable bonds is 6. The van der Waals surface area contributed by atoms with E-state index in [0.29, 0.717) is 5.69 Å². The van der Waals surface area contributed by atoms with Gasteiger partial charge in [-0.3, -0.25) is 4.79 Å². The Labute approximate surface area is 149 Å². The van der Waals surface area contributed by atoms with Crippen LogP contribution in [-0.4, -0.2) is 84.1 Å². The summed E-state index contributed by atoms with van der Waals surface area (Å²) in [6.45, 7) is -0.573. The fourth-order valence-electron chi connectivity index (χ4n) is 2.35. The zero-order chi connectivity index (χ0) is 19.5. The average Bonchev–Trinajstić information content (AvgIpc) is 2.55. The minimum absolute atomic E-state index is 0.218. The number of aliphatic hydroxyl groups is 4. The number of benzene rings is 1. The van der Waals surface area contributed by atoms with Crippen LogP contribution in [0.3, 0.4) is 0 Å². The number of nitrogens with one attached hydrogen (secondary N) is 1. The molecule has 0 spiro atoms. The number of aliphatic hydroxyl groups excluding tert-OH is 4. The number of hydrogen-bond acceptors (Lipinski definition) is 9. The summed E-state index contributed by atoms with van der Waals surface area (Å²) in [6.07, 6.45) is -6.04.